The standard InChI is InChI=1S/C21H16F3N5O/c1-12(30)29-7-6-13-15(8-25)19(28)20(10-26,11-27)18(16(13)9-29)14-4-2-3-5-17(14)21(22,23)24/h2-6,15-16,18,28H,7,9H2,1H3/t15?,16-,18+/m1/s1. The van der Waals surface area contributed by atoms with Crippen LogP contribution in [0.1, 0.15) is 24.0 Å². The molecule has 0 radical (unpaired) electrons. The maximum Gasteiger partial charge on any atom is 0.416 e. The summed E-state index contributed by atoms with van der Waals surface area (Å²) in [6.07, 6.45) is -3.19. The average molecular weight is 411 g/mol. The van der Waals surface area contributed by atoms with Crippen LogP contribution in [0.25, 0.3) is 0 Å². The molecule has 0 spiro atoms. The largest absolute Gasteiger partial charge is 0.416 e. The molecule has 1 aliphatic heterocycles. The first-order valence-corrected chi connectivity index (χ1v) is 9.05. The molecule has 30 heavy (non-hydrogen) atoms. The van der Waals surface area contributed by atoms with Crippen molar-refractivity contribution in [3.05, 3.63) is 47.0 Å². The van der Waals surface area contributed by atoms with Crippen molar-refractivity contribution in [2.75, 3.05) is 13.1 Å². The Bertz CT molecular complexity index is 1060. The van der Waals surface area contributed by atoms with E-state index >= 15 is 0 Å². The van der Waals surface area contributed by atoms with Crippen LogP contribution >= 0.6 is 0 Å². The van der Waals surface area contributed by atoms with Gasteiger partial charge in [-0.1, -0.05) is 24.3 Å². The molecule has 1 unspecified atom stereocenters. The monoisotopic (exact) mass is 411 g/mol. The minimum atomic E-state index is -4.75. The van der Waals surface area contributed by atoms with Crippen LogP contribution in [0.3, 0.4) is 0 Å². The molecule has 3 atom stereocenters. The van der Waals surface area contributed by atoms with E-state index in [1.165, 1.54) is 30.0 Å². The number of nitrogens with one attached hydrogen (secondary N) is 1. The first-order chi connectivity index (χ1) is 14.1. The molecular weight excluding hydrogens is 395 g/mol. The molecule has 3 rings (SSSR count). The highest BCUT2D eigenvalue weighted by molar-refractivity contribution is 6.01. The molecule has 1 saturated carbocycles. The minimum absolute atomic E-state index is 0.0470. The molecule has 6 nitrogen and oxygen atoms in total. The van der Waals surface area contributed by atoms with Crippen LogP contribution < -0.4 is 0 Å². The van der Waals surface area contributed by atoms with E-state index in [1.54, 1.807) is 18.2 Å². The molecule has 1 fully saturated rings. The third-order valence-electron chi connectivity index (χ3n) is 5.84. The smallest absolute Gasteiger partial charge is 0.339 e. The fourth-order valence-electron chi connectivity index (χ4n) is 4.43. The summed E-state index contributed by atoms with van der Waals surface area (Å²) in [6.45, 7) is 1.41. The number of rotatable bonds is 1. The Morgan fingerprint density at radius 3 is 2.40 bits per heavy atom. The third kappa shape index (κ3) is 3.02. The number of nitrogens with zero attached hydrogens (tertiary/aromatic N) is 4. The molecule has 1 N–H and O–H groups in total. The fourth-order valence-corrected chi connectivity index (χ4v) is 4.43. The Hall–Kier alpha value is -3.64. The molecule has 0 saturated heterocycles. The number of nitriles is 3. The Morgan fingerprint density at radius 2 is 1.87 bits per heavy atom. The number of carbonyl (C=O) groups is 1. The summed E-state index contributed by atoms with van der Waals surface area (Å²) >= 11 is 0. The lowest BCUT2D eigenvalue weighted by molar-refractivity contribution is -0.139. The van der Waals surface area contributed by atoms with Gasteiger partial charge in [0.05, 0.1) is 29.5 Å². The fraction of sp³-hybridized carbons (Fsp3) is 0.381. The molecule has 1 aliphatic carbocycles. The molecule has 1 amide bonds. The lowest BCUT2D eigenvalue weighted by Crippen LogP contribution is -2.53. The predicted octanol–water partition coefficient (Wildman–Crippen LogP) is 3.40. The zero-order valence-corrected chi connectivity index (χ0v) is 15.9. The van der Waals surface area contributed by atoms with Crippen molar-refractivity contribution in [2.45, 2.75) is 19.0 Å². The molecule has 0 bridgehead atoms. The molecule has 1 aromatic carbocycles. The minimum Gasteiger partial charge on any atom is -0.339 e. The van der Waals surface area contributed by atoms with Gasteiger partial charge in [-0.3, -0.25) is 4.79 Å². The summed E-state index contributed by atoms with van der Waals surface area (Å²) < 4.78 is 41.3. The van der Waals surface area contributed by atoms with Crippen LogP contribution in [0.2, 0.25) is 0 Å². The number of hydrogen-bond acceptors (Lipinski definition) is 5. The summed E-state index contributed by atoms with van der Waals surface area (Å²) in [4.78, 5) is 13.3. The summed E-state index contributed by atoms with van der Waals surface area (Å²) in [6, 6.07) is 10.1. The van der Waals surface area contributed by atoms with E-state index in [9.17, 15) is 33.8 Å². The lowest BCUT2D eigenvalue weighted by Gasteiger charge is -2.48. The maximum atomic E-state index is 13.8. The summed E-state index contributed by atoms with van der Waals surface area (Å²) in [5, 5.41) is 37.9. The van der Waals surface area contributed by atoms with Gasteiger partial charge in [0.1, 0.15) is 5.92 Å². The van der Waals surface area contributed by atoms with Crippen LogP contribution in [0, 0.1) is 56.7 Å². The van der Waals surface area contributed by atoms with Crippen molar-refractivity contribution >= 4 is 11.6 Å². The van der Waals surface area contributed by atoms with Crippen molar-refractivity contribution in [1.29, 1.82) is 21.2 Å². The summed E-state index contributed by atoms with van der Waals surface area (Å²) in [7, 11) is 0. The van der Waals surface area contributed by atoms with Gasteiger partial charge in [0.15, 0.2) is 5.41 Å². The van der Waals surface area contributed by atoms with Crippen LogP contribution in [0.15, 0.2) is 35.9 Å². The van der Waals surface area contributed by atoms with E-state index in [2.05, 4.69) is 0 Å². The van der Waals surface area contributed by atoms with E-state index in [0.29, 0.717) is 5.57 Å². The van der Waals surface area contributed by atoms with Crippen LogP contribution in [0.5, 0.6) is 0 Å². The maximum absolute atomic E-state index is 13.8. The van der Waals surface area contributed by atoms with Gasteiger partial charge in [-0.2, -0.15) is 29.0 Å². The highest BCUT2D eigenvalue weighted by Gasteiger charge is 2.59. The van der Waals surface area contributed by atoms with Gasteiger partial charge in [0.25, 0.3) is 0 Å². The number of halogens is 3. The SMILES string of the molecule is CC(=O)N1CC=C2C(C#N)C(=N)C(C#N)(C#N)[C@@H](c3ccccc3C(F)(F)F)[C@@H]2C1. The molecule has 1 heterocycles. The van der Waals surface area contributed by atoms with E-state index in [0.717, 1.165) is 6.07 Å². The van der Waals surface area contributed by atoms with Crippen LogP contribution in [0.4, 0.5) is 13.2 Å². The first-order valence-electron chi connectivity index (χ1n) is 9.05. The number of benzene rings is 1. The van der Waals surface area contributed by atoms with Gasteiger partial charge < -0.3 is 10.3 Å². The summed E-state index contributed by atoms with van der Waals surface area (Å²) in [5.74, 6) is -3.78. The van der Waals surface area contributed by atoms with Crippen molar-refractivity contribution in [3.8, 4) is 18.2 Å². The molecule has 9 heteroatoms. The van der Waals surface area contributed by atoms with Gasteiger partial charge in [0.2, 0.25) is 5.91 Å². The van der Waals surface area contributed by atoms with Gasteiger partial charge in [-0.15, -0.1) is 0 Å². The van der Waals surface area contributed by atoms with Gasteiger partial charge >= 0.3 is 6.18 Å². The van der Waals surface area contributed by atoms with E-state index in [1.807, 2.05) is 6.07 Å². The second-order valence-electron chi connectivity index (χ2n) is 7.30. The molecular formula is C21H16F3N5O. The third-order valence-corrected chi connectivity index (χ3v) is 5.84. The van der Waals surface area contributed by atoms with E-state index in [-0.39, 0.29) is 24.6 Å². The molecule has 0 aromatic heterocycles. The zero-order valence-electron chi connectivity index (χ0n) is 15.9. The highest BCUT2D eigenvalue weighted by Crippen LogP contribution is 2.55. The number of hydrogen-bond donors (Lipinski definition) is 1. The second-order valence-corrected chi connectivity index (χ2v) is 7.30. The quantitative estimate of drug-likeness (QED) is 0.713. The lowest BCUT2D eigenvalue weighted by atomic mass is 9.54. The average Bonchev–Trinajstić information content (AvgIpc) is 2.72. The molecule has 1 aromatic rings. The summed E-state index contributed by atoms with van der Waals surface area (Å²) in [5.41, 5.74) is -3.73. The van der Waals surface area contributed by atoms with Crippen LogP contribution in [-0.2, 0) is 11.0 Å². The Balaban J connectivity index is 2.34. The first kappa shape index (κ1) is 21.1. The number of carbonyl (C=O) groups excluding carboxylic acids is 1. The Kier molecular flexibility index (Phi) is 5.14. The van der Waals surface area contributed by atoms with E-state index < -0.39 is 40.6 Å². The zero-order chi connectivity index (χ0) is 22.3. The normalized spacial score (nSPS) is 25.2. The predicted molar refractivity (Wildman–Crippen MR) is 98.5 cm³/mol. The van der Waals surface area contributed by atoms with Gasteiger partial charge in [-0.25, -0.2) is 0 Å². The highest BCUT2D eigenvalue weighted by atomic mass is 19.4. The van der Waals surface area contributed by atoms with Crippen molar-refractivity contribution in [2.24, 2.45) is 17.3 Å². The second kappa shape index (κ2) is 7.31. The van der Waals surface area contributed by atoms with Crippen molar-refractivity contribution in [3.63, 3.8) is 0 Å². The molecule has 2 aliphatic rings. The van der Waals surface area contributed by atoms with Crippen molar-refractivity contribution < 1.29 is 18.0 Å². The van der Waals surface area contributed by atoms with Gasteiger partial charge in [-0.05, 0) is 17.2 Å². The number of alkyl halides is 3. The molecule has 152 valence electrons. The van der Waals surface area contributed by atoms with Crippen LogP contribution in [-0.4, -0.2) is 29.6 Å². The van der Waals surface area contributed by atoms with E-state index in [4.69, 9.17) is 5.41 Å². The van der Waals surface area contributed by atoms with Gasteiger partial charge in [0, 0.05) is 31.8 Å². The number of fused-ring (bicyclic) bond motifs is 1. The topological polar surface area (TPSA) is 116 Å². The Labute approximate surface area is 170 Å². The van der Waals surface area contributed by atoms with Crippen molar-refractivity contribution in [1.82, 2.24) is 4.90 Å². The number of amides is 1. The Morgan fingerprint density at radius 1 is 1.23 bits per heavy atom.